The van der Waals surface area contributed by atoms with Gasteiger partial charge in [0, 0.05) is 17.8 Å². The number of rotatable bonds is 0. The third kappa shape index (κ3) is 1.56. The van der Waals surface area contributed by atoms with Crippen LogP contribution in [0.2, 0.25) is 0 Å². The quantitative estimate of drug-likeness (QED) is 0.590. The van der Waals surface area contributed by atoms with Gasteiger partial charge >= 0.3 is 0 Å². The van der Waals surface area contributed by atoms with E-state index < -0.39 is 0 Å². The van der Waals surface area contributed by atoms with E-state index in [1.165, 1.54) is 7.05 Å². The molecule has 0 spiro atoms. The Bertz CT molecular complexity index is 283. The Balaban J connectivity index is 0.000000281. The summed E-state index contributed by atoms with van der Waals surface area (Å²) in [6.07, 6.45) is 3.66. The Hall–Kier alpha value is -1.35. The fourth-order valence-electron chi connectivity index (χ4n) is 0.883. The number of aromatic nitrogens is 2. The SMILES string of the molecule is CN.c1cnc2[nH]ccc2c1. The van der Waals surface area contributed by atoms with Crippen molar-refractivity contribution in [1.82, 2.24) is 9.97 Å². The Kier molecular flexibility index (Phi) is 2.63. The first-order valence-electron chi connectivity index (χ1n) is 3.43. The molecule has 0 unspecified atom stereocenters. The van der Waals surface area contributed by atoms with Gasteiger partial charge in [-0.2, -0.15) is 0 Å². The zero-order valence-electron chi connectivity index (χ0n) is 6.41. The minimum atomic E-state index is 0.956. The molecule has 0 aliphatic rings. The Morgan fingerprint density at radius 3 is 2.91 bits per heavy atom. The van der Waals surface area contributed by atoms with Crippen LogP contribution >= 0.6 is 0 Å². The molecular weight excluding hydrogens is 138 g/mol. The van der Waals surface area contributed by atoms with Crippen molar-refractivity contribution in [3.05, 3.63) is 30.6 Å². The van der Waals surface area contributed by atoms with Crippen molar-refractivity contribution in [2.75, 3.05) is 7.05 Å². The average Bonchev–Trinajstić information content (AvgIpc) is 2.55. The third-order valence-electron chi connectivity index (χ3n) is 1.32. The summed E-state index contributed by atoms with van der Waals surface area (Å²) in [7, 11) is 1.50. The van der Waals surface area contributed by atoms with Crippen LogP contribution in [0.4, 0.5) is 0 Å². The second kappa shape index (κ2) is 3.73. The van der Waals surface area contributed by atoms with Crippen molar-refractivity contribution in [3.8, 4) is 0 Å². The summed E-state index contributed by atoms with van der Waals surface area (Å²) in [6, 6.07) is 5.96. The highest BCUT2D eigenvalue weighted by Crippen LogP contribution is 2.05. The topological polar surface area (TPSA) is 54.7 Å². The van der Waals surface area contributed by atoms with E-state index in [0.29, 0.717) is 0 Å². The molecule has 58 valence electrons. The molecule has 2 aromatic heterocycles. The molecule has 11 heavy (non-hydrogen) atoms. The summed E-state index contributed by atoms with van der Waals surface area (Å²) in [5.41, 5.74) is 5.46. The number of fused-ring (bicyclic) bond motifs is 1. The second-order valence-corrected chi connectivity index (χ2v) is 1.92. The maximum atomic E-state index is 4.50. The predicted molar refractivity (Wildman–Crippen MR) is 46.2 cm³/mol. The van der Waals surface area contributed by atoms with Crippen molar-refractivity contribution < 1.29 is 0 Å². The van der Waals surface area contributed by atoms with E-state index in [2.05, 4.69) is 15.7 Å². The largest absolute Gasteiger partial charge is 0.346 e. The van der Waals surface area contributed by atoms with Crippen LogP contribution in [-0.4, -0.2) is 17.0 Å². The van der Waals surface area contributed by atoms with Crippen LogP contribution in [-0.2, 0) is 0 Å². The fraction of sp³-hybridized carbons (Fsp3) is 0.125. The number of hydrogen-bond acceptors (Lipinski definition) is 2. The summed E-state index contributed by atoms with van der Waals surface area (Å²) in [5, 5.41) is 1.16. The second-order valence-electron chi connectivity index (χ2n) is 1.92. The van der Waals surface area contributed by atoms with E-state index in [-0.39, 0.29) is 0 Å². The molecule has 0 aliphatic carbocycles. The molecule has 0 saturated carbocycles. The van der Waals surface area contributed by atoms with Crippen molar-refractivity contribution in [3.63, 3.8) is 0 Å². The average molecular weight is 149 g/mol. The fourth-order valence-corrected chi connectivity index (χ4v) is 0.883. The highest BCUT2D eigenvalue weighted by molar-refractivity contribution is 5.74. The molecular formula is C8H11N3. The van der Waals surface area contributed by atoms with Gasteiger partial charge in [0.25, 0.3) is 0 Å². The van der Waals surface area contributed by atoms with Gasteiger partial charge in [-0.3, -0.25) is 0 Å². The van der Waals surface area contributed by atoms with Crippen LogP contribution in [0.1, 0.15) is 0 Å². The molecule has 2 rings (SSSR count). The van der Waals surface area contributed by atoms with Gasteiger partial charge in [-0.05, 0) is 25.2 Å². The lowest BCUT2D eigenvalue weighted by Crippen LogP contribution is -1.70. The first kappa shape index (κ1) is 7.75. The molecule has 0 aliphatic heterocycles. The number of H-pyrrole nitrogens is 1. The molecule has 0 bridgehead atoms. The minimum Gasteiger partial charge on any atom is -0.346 e. The van der Waals surface area contributed by atoms with Crippen LogP contribution in [0.5, 0.6) is 0 Å². The number of hydrogen-bond donors (Lipinski definition) is 2. The van der Waals surface area contributed by atoms with Crippen molar-refractivity contribution in [2.45, 2.75) is 0 Å². The predicted octanol–water partition coefficient (Wildman–Crippen LogP) is 1.14. The van der Waals surface area contributed by atoms with Gasteiger partial charge in [0.1, 0.15) is 5.65 Å². The normalized spacial score (nSPS) is 8.91. The summed E-state index contributed by atoms with van der Waals surface area (Å²) in [6.45, 7) is 0. The molecule has 3 nitrogen and oxygen atoms in total. The molecule has 3 N–H and O–H groups in total. The molecule has 0 amide bonds. The van der Waals surface area contributed by atoms with E-state index in [9.17, 15) is 0 Å². The van der Waals surface area contributed by atoms with Crippen LogP contribution in [0, 0.1) is 0 Å². The van der Waals surface area contributed by atoms with Gasteiger partial charge in [-0.1, -0.05) is 0 Å². The summed E-state index contributed by atoms with van der Waals surface area (Å²) < 4.78 is 0. The molecule has 0 fully saturated rings. The lowest BCUT2D eigenvalue weighted by atomic mass is 10.3. The highest BCUT2D eigenvalue weighted by atomic mass is 14.8. The highest BCUT2D eigenvalue weighted by Gasteiger charge is 1.88. The molecule has 0 aromatic carbocycles. The monoisotopic (exact) mass is 149 g/mol. The molecule has 3 heteroatoms. The molecule has 2 aromatic rings. The number of nitrogens with two attached hydrogens (primary N) is 1. The van der Waals surface area contributed by atoms with Gasteiger partial charge in [0.15, 0.2) is 0 Å². The van der Waals surface area contributed by atoms with Gasteiger partial charge in [-0.25, -0.2) is 4.98 Å². The van der Waals surface area contributed by atoms with E-state index in [0.717, 1.165) is 11.0 Å². The Morgan fingerprint density at radius 2 is 2.18 bits per heavy atom. The van der Waals surface area contributed by atoms with Gasteiger partial charge in [0.2, 0.25) is 0 Å². The molecule has 0 saturated heterocycles. The zero-order chi connectivity index (χ0) is 8.10. The Morgan fingerprint density at radius 1 is 1.36 bits per heavy atom. The molecule has 0 radical (unpaired) electrons. The number of aromatic amines is 1. The minimum absolute atomic E-state index is 0.956. The number of pyridine rings is 1. The van der Waals surface area contributed by atoms with Gasteiger partial charge in [-0.15, -0.1) is 0 Å². The lowest BCUT2D eigenvalue weighted by molar-refractivity contribution is 1.33. The van der Waals surface area contributed by atoms with E-state index in [1.807, 2.05) is 24.4 Å². The van der Waals surface area contributed by atoms with Crippen LogP contribution in [0.3, 0.4) is 0 Å². The maximum Gasteiger partial charge on any atom is 0.137 e. The lowest BCUT2D eigenvalue weighted by Gasteiger charge is -1.82. The standard InChI is InChI=1S/C7H6N2.CH5N/c1-2-6-3-5-9-7(6)8-4-1;1-2/h1-5H,(H,8,9);2H2,1H3. The Labute approximate surface area is 65.3 Å². The van der Waals surface area contributed by atoms with E-state index in [4.69, 9.17) is 0 Å². The van der Waals surface area contributed by atoms with Crippen LogP contribution in [0.15, 0.2) is 30.6 Å². The van der Waals surface area contributed by atoms with Crippen LogP contribution in [0.25, 0.3) is 11.0 Å². The molecule has 2 heterocycles. The summed E-state index contributed by atoms with van der Waals surface area (Å²) in [5.74, 6) is 0. The first-order chi connectivity index (χ1) is 5.47. The maximum absolute atomic E-state index is 4.50. The smallest absolute Gasteiger partial charge is 0.137 e. The van der Waals surface area contributed by atoms with E-state index >= 15 is 0 Å². The number of nitrogens with zero attached hydrogens (tertiary/aromatic N) is 1. The zero-order valence-corrected chi connectivity index (χ0v) is 6.41. The summed E-state index contributed by atoms with van der Waals surface area (Å²) in [4.78, 5) is 7.09. The van der Waals surface area contributed by atoms with Crippen LogP contribution < -0.4 is 5.73 Å². The van der Waals surface area contributed by atoms with Crippen molar-refractivity contribution >= 4 is 11.0 Å². The summed E-state index contributed by atoms with van der Waals surface area (Å²) >= 11 is 0. The van der Waals surface area contributed by atoms with Gasteiger partial charge < -0.3 is 10.7 Å². The first-order valence-corrected chi connectivity index (χ1v) is 3.43. The van der Waals surface area contributed by atoms with Crippen molar-refractivity contribution in [1.29, 1.82) is 0 Å². The number of nitrogens with one attached hydrogen (secondary N) is 1. The third-order valence-corrected chi connectivity index (χ3v) is 1.32. The molecule has 0 atom stereocenters. The van der Waals surface area contributed by atoms with Crippen molar-refractivity contribution in [2.24, 2.45) is 5.73 Å². The van der Waals surface area contributed by atoms with E-state index in [1.54, 1.807) is 6.20 Å². The van der Waals surface area contributed by atoms with Gasteiger partial charge in [0.05, 0.1) is 0 Å².